The molecule has 0 saturated carbocycles. The van der Waals surface area contributed by atoms with Gasteiger partial charge in [0.25, 0.3) is 0 Å². The van der Waals surface area contributed by atoms with E-state index < -0.39 is 8.07 Å². The van der Waals surface area contributed by atoms with Crippen LogP contribution in [0.2, 0.25) is 19.6 Å². The second kappa shape index (κ2) is 6.03. The molecule has 1 heterocycles. The zero-order chi connectivity index (χ0) is 14.9. The molecule has 0 aliphatic carbocycles. The Balaban J connectivity index is 2.35. The molecule has 0 radical (unpaired) electrons. The van der Waals surface area contributed by atoms with Crippen LogP contribution in [0, 0.1) is 0 Å². The number of rotatable bonds is 4. The maximum absolute atomic E-state index is 6.06. The molecule has 0 fully saturated rings. The second-order valence-corrected chi connectivity index (χ2v) is 12.8. The fourth-order valence-corrected chi connectivity index (χ4v) is 3.21. The number of halogens is 2. The molecule has 0 saturated heterocycles. The lowest BCUT2D eigenvalue weighted by atomic mass is 10.2. The summed E-state index contributed by atoms with van der Waals surface area (Å²) in [5.41, 5.74) is 2.12. The molecule has 0 aliphatic rings. The van der Waals surface area contributed by atoms with Gasteiger partial charge in [0, 0.05) is 5.56 Å². The van der Waals surface area contributed by atoms with Gasteiger partial charge in [-0.15, -0.1) is 4.73 Å². The third-order valence-electron chi connectivity index (χ3n) is 3.28. The van der Waals surface area contributed by atoms with Gasteiger partial charge in [-0.3, -0.25) is 0 Å². The van der Waals surface area contributed by atoms with Gasteiger partial charge in [-0.2, -0.15) is 0 Å². The second-order valence-electron chi connectivity index (χ2n) is 5.79. The Hall–Kier alpha value is -0.593. The lowest BCUT2D eigenvalue weighted by Gasteiger charge is -2.26. The summed E-state index contributed by atoms with van der Waals surface area (Å²) in [7, 11) is -1.37. The molecule has 6 heteroatoms. The van der Waals surface area contributed by atoms with Crippen molar-refractivity contribution in [1.82, 2.24) is 9.71 Å². The van der Waals surface area contributed by atoms with Crippen LogP contribution in [0.5, 0.6) is 0 Å². The smallest absolute Gasteiger partial charge is 0.213 e. The molecule has 0 spiro atoms. The van der Waals surface area contributed by atoms with E-state index in [0.717, 1.165) is 15.9 Å². The van der Waals surface area contributed by atoms with E-state index in [4.69, 9.17) is 4.84 Å². The average Bonchev–Trinajstić information content (AvgIpc) is 2.66. The normalized spacial score (nSPS) is 13.3. The van der Waals surface area contributed by atoms with Gasteiger partial charge in [0.05, 0.1) is 8.07 Å². The quantitative estimate of drug-likeness (QED) is 0.670. The molecule has 1 aromatic carbocycles. The van der Waals surface area contributed by atoms with Gasteiger partial charge in [-0.05, 0) is 38.8 Å². The van der Waals surface area contributed by atoms with Gasteiger partial charge in [0.1, 0.15) is 11.4 Å². The van der Waals surface area contributed by atoms with Crippen molar-refractivity contribution in [3.8, 4) is 11.3 Å². The summed E-state index contributed by atoms with van der Waals surface area (Å²) in [6.07, 6.45) is 0. The number of aromatic nitrogens is 2. The van der Waals surface area contributed by atoms with E-state index in [9.17, 15) is 0 Å². The van der Waals surface area contributed by atoms with Crippen LogP contribution < -0.4 is 4.84 Å². The molecular formula is C14H18Br2N2OSi. The Morgan fingerprint density at radius 1 is 1.15 bits per heavy atom. The molecule has 108 valence electrons. The van der Waals surface area contributed by atoms with Gasteiger partial charge < -0.3 is 4.84 Å². The number of hydrogen-bond acceptors (Lipinski definition) is 2. The Kier molecular flexibility index (Phi) is 4.76. The summed E-state index contributed by atoms with van der Waals surface area (Å²) in [5, 5.41) is 0. The Bertz CT molecular complexity index is 593. The number of nitrogens with zero attached hydrogens (tertiary/aromatic N) is 2. The van der Waals surface area contributed by atoms with Crippen LogP contribution in [0.25, 0.3) is 11.3 Å². The molecular weight excluding hydrogens is 400 g/mol. The predicted octanol–water partition coefficient (Wildman–Crippen LogP) is 4.77. The van der Waals surface area contributed by atoms with E-state index in [1.54, 1.807) is 4.73 Å². The standard InChI is InChI=1S/C14H18Br2N2OSi/c1-10(20(2,3)4)19-18-13(15)12(17-14(18)16)11-8-6-5-7-9-11/h5-10H,1-4H3. The molecule has 1 aromatic heterocycles. The van der Waals surface area contributed by atoms with E-state index in [1.807, 2.05) is 30.3 Å². The van der Waals surface area contributed by atoms with E-state index in [0.29, 0.717) is 4.73 Å². The third kappa shape index (κ3) is 3.35. The first-order chi connectivity index (χ1) is 9.30. The van der Waals surface area contributed by atoms with Crippen LogP contribution in [0.15, 0.2) is 39.7 Å². The third-order valence-corrected chi connectivity index (χ3v) is 7.02. The average molecular weight is 418 g/mol. The maximum atomic E-state index is 6.06. The van der Waals surface area contributed by atoms with Crippen LogP contribution in [-0.2, 0) is 0 Å². The van der Waals surface area contributed by atoms with E-state index in [1.165, 1.54) is 0 Å². The van der Waals surface area contributed by atoms with Gasteiger partial charge >= 0.3 is 0 Å². The van der Waals surface area contributed by atoms with Crippen molar-refractivity contribution in [2.45, 2.75) is 32.3 Å². The lowest BCUT2D eigenvalue weighted by Crippen LogP contribution is -2.43. The molecule has 2 rings (SSSR count). The summed E-state index contributed by atoms with van der Waals surface area (Å²) < 4.78 is 3.24. The van der Waals surface area contributed by atoms with Crippen molar-refractivity contribution in [2.75, 3.05) is 0 Å². The Morgan fingerprint density at radius 2 is 1.75 bits per heavy atom. The highest BCUT2D eigenvalue weighted by molar-refractivity contribution is 9.11. The Labute approximate surface area is 137 Å². The van der Waals surface area contributed by atoms with Gasteiger partial charge in [0.15, 0.2) is 4.60 Å². The summed E-state index contributed by atoms with van der Waals surface area (Å²) in [6, 6.07) is 10.1. The minimum atomic E-state index is -1.37. The van der Waals surface area contributed by atoms with Crippen LogP contribution in [-0.4, -0.2) is 23.5 Å². The van der Waals surface area contributed by atoms with E-state index in [2.05, 4.69) is 63.4 Å². The van der Waals surface area contributed by atoms with Crippen molar-refractivity contribution in [1.29, 1.82) is 0 Å². The zero-order valence-corrected chi connectivity index (χ0v) is 16.2. The summed E-state index contributed by atoms with van der Waals surface area (Å²) >= 11 is 7.07. The Morgan fingerprint density at radius 3 is 2.30 bits per heavy atom. The predicted molar refractivity (Wildman–Crippen MR) is 92.5 cm³/mol. The highest BCUT2D eigenvalue weighted by Crippen LogP contribution is 2.30. The topological polar surface area (TPSA) is 27.1 Å². The minimum absolute atomic E-state index is 0.188. The zero-order valence-electron chi connectivity index (χ0n) is 12.0. The monoisotopic (exact) mass is 416 g/mol. The molecule has 0 N–H and O–H groups in total. The van der Waals surface area contributed by atoms with Crippen LogP contribution in [0.4, 0.5) is 0 Å². The molecule has 3 nitrogen and oxygen atoms in total. The van der Waals surface area contributed by atoms with Crippen molar-refractivity contribution < 1.29 is 4.84 Å². The summed E-state index contributed by atoms with van der Waals surface area (Å²) in [6.45, 7) is 8.98. The molecule has 2 aromatic rings. The van der Waals surface area contributed by atoms with Crippen molar-refractivity contribution in [2.24, 2.45) is 0 Å². The molecule has 20 heavy (non-hydrogen) atoms. The fourth-order valence-electron chi connectivity index (χ4n) is 1.55. The van der Waals surface area contributed by atoms with Crippen LogP contribution in [0.1, 0.15) is 6.92 Å². The van der Waals surface area contributed by atoms with Crippen molar-refractivity contribution in [3.63, 3.8) is 0 Å². The summed E-state index contributed by atoms with van der Waals surface area (Å²) in [4.78, 5) is 10.6. The number of hydrogen-bond donors (Lipinski definition) is 0. The molecule has 0 aliphatic heterocycles. The largest absolute Gasteiger partial charge is 0.412 e. The minimum Gasteiger partial charge on any atom is -0.412 e. The highest BCUT2D eigenvalue weighted by Gasteiger charge is 2.27. The van der Waals surface area contributed by atoms with Gasteiger partial charge in [-0.1, -0.05) is 50.0 Å². The van der Waals surface area contributed by atoms with Crippen molar-refractivity contribution in [3.05, 3.63) is 39.7 Å². The van der Waals surface area contributed by atoms with Crippen molar-refractivity contribution >= 4 is 39.9 Å². The van der Waals surface area contributed by atoms with E-state index >= 15 is 0 Å². The maximum Gasteiger partial charge on any atom is 0.213 e. The first kappa shape index (κ1) is 15.8. The molecule has 1 atom stereocenters. The first-order valence-corrected chi connectivity index (χ1v) is 11.6. The highest BCUT2D eigenvalue weighted by atomic mass is 79.9. The number of benzene rings is 1. The lowest BCUT2D eigenvalue weighted by molar-refractivity contribution is 0.0796. The van der Waals surface area contributed by atoms with Crippen LogP contribution in [0.3, 0.4) is 0 Å². The van der Waals surface area contributed by atoms with E-state index in [-0.39, 0.29) is 5.73 Å². The van der Waals surface area contributed by atoms with Crippen LogP contribution >= 0.6 is 31.9 Å². The molecule has 0 amide bonds. The SMILES string of the molecule is CC(On1c(Br)nc(-c2ccccc2)c1Br)[Si](C)(C)C. The molecule has 1 unspecified atom stereocenters. The fraction of sp³-hybridized carbons (Fsp3) is 0.357. The summed E-state index contributed by atoms with van der Waals surface area (Å²) in [5.74, 6) is 0. The molecule has 0 bridgehead atoms. The van der Waals surface area contributed by atoms with Gasteiger partial charge in [0.2, 0.25) is 4.73 Å². The number of imidazole rings is 1. The first-order valence-electron chi connectivity index (χ1n) is 6.47. The van der Waals surface area contributed by atoms with Gasteiger partial charge in [-0.25, -0.2) is 4.98 Å².